The van der Waals surface area contributed by atoms with Crippen LogP contribution in [0.4, 0.5) is 5.69 Å². The van der Waals surface area contributed by atoms with E-state index in [4.69, 9.17) is 4.98 Å². The fourth-order valence-electron chi connectivity index (χ4n) is 4.19. The van der Waals surface area contributed by atoms with E-state index >= 15 is 0 Å². The molecule has 0 spiro atoms. The summed E-state index contributed by atoms with van der Waals surface area (Å²) in [6.07, 6.45) is 2.32. The molecule has 32 heavy (non-hydrogen) atoms. The highest BCUT2D eigenvalue weighted by Crippen LogP contribution is 2.27. The molecule has 0 aliphatic carbocycles. The van der Waals surface area contributed by atoms with E-state index in [2.05, 4.69) is 31.0 Å². The number of nitrogens with zero attached hydrogens (tertiary/aromatic N) is 3. The number of thiophene rings is 1. The van der Waals surface area contributed by atoms with Crippen molar-refractivity contribution < 1.29 is 4.79 Å². The molecular formula is C25H32N4O2S. The van der Waals surface area contributed by atoms with E-state index in [9.17, 15) is 9.59 Å². The number of amides is 1. The Balaban J connectivity index is 1.62. The summed E-state index contributed by atoms with van der Waals surface area (Å²) in [7, 11) is 0. The Morgan fingerprint density at radius 2 is 1.78 bits per heavy atom. The van der Waals surface area contributed by atoms with Crippen molar-refractivity contribution in [2.45, 2.75) is 66.0 Å². The number of hydrogen-bond acceptors (Lipinski definition) is 5. The molecule has 0 atom stereocenters. The lowest BCUT2D eigenvalue weighted by Crippen LogP contribution is -2.33. The van der Waals surface area contributed by atoms with E-state index in [1.54, 1.807) is 15.9 Å². The van der Waals surface area contributed by atoms with Gasteiger partial charge in [0.15, 0.2) is 0 Å². The topological polar surface area (TPSA) is 67.2 Å². The van der Waals surface area contributed by atoms with Gasteiger partial charge in [-0.1, -0.05) is 32.9 Å². The Hall–Kier alpha value is -2.51. The van der Waals surface area contributed by atoms with E-state index in [1.165, 1.54) is 5.56 Å². The number of nitrogens with one attached hydrogen (secondary N) is 1. The third kappa shape index (κ3) is 4.64. The largest absolute Gasteiger partial charge is 0.325 e. The van der Waals surface area contributed by atoms with Crippen LogP contribution in [-0.2, 0) is 23.3 Å². The number of anilines is 1. The molecule has 0 saturated carbocycles. The van der Waals surface area contributed by atoms with Gasteiger partial charge < -0.3 is 5.32 Å². The molecule has 0 unspecified atom stereocenters. The molecular weight excluding hydrogens is 420 g/mol. The molecule has 170 valence electrons. The molecule has 1 aliphatic rings. The van der Waals surface area contributed by atoms with Crippen LogP contribution in [0.25, 0.3) is 10.2 Å². The highest BCUT2D eigenvalue weighted by molar-refractivity contribution is 7.18. The molecule has 4 rings (SSSR count). The first-order chi connectivity index (χ1) is 15.1. The van der Waals surface area contributed by atoms with Crippen LogP contribution in [0, 0.1) is 13.8 Å². The summed E-state index contributed by atoms with van der Waals surface area (Å²) in [6, 6.07) is 7.90. The van der Waals surface area contributed by atoms with Gasteiger partial charge in [0.05, 0.1) is 11.9 Å². The number of hydrogen-bond donors (Lipinski definition) is 1. The summed E-state index contributed by atoms with van der Waals surface area (Å²) in [5, 5.41) is 3.59. The second-order valence-corrected chi connectivity index (χ2v) is 10.9. The first kappa shape index (κ1) is 22.7. The molecule has 6 nitrogen and oxygen atoms in total. The summed E-state index contributed by atoms with van der Waals surface area (Å²) < 4.78 is 1.57. The summed E-state index contributed by atoms with van der Waals surface area (Å²) in [5.74, 6) is 0.452. The molecule has 0 radical (unpaired) electrons. The van der Waals surface area contributed by atoms with Crippen molar-refractivity contribution in [1.29, 1.82) is 0 Å². The van der Waals surface area contributed by atoms with Gasteiger partial charge in [0.25, 0.3) is 5.56 Å². The highest BCUT2D eigenvalue weighted by atomic mass is 32.1. The zero-order valence-electron chi connectivity index (χ0n) is 19.6. The van der Waals surface area contributed by atoms with Gasteiger partial charge in [0.1, 0.15) is 17.2 Å². The predicted octanol–water partition coefficient (Wildman–Crippen LogP) is 4.61. The number of carbonyl (C=O) groups excluding carboxylic acids is 1. The van der Waals surface area contributed by atoms with E-state index in [1.807, 2.05) is 38.1 Å². The van der Waals surface area contributed by atoms with Gasteiger partial charge in [0, 0.05) is 10.6 Å². The molecule has 1 saturated heterocycles. The standard InChI is InChI=1S/C25H32N4O2S/c1-16-17(2)32-23-22(16)24(31)29(20(27-23)14-28-12-6-7-13-28)15-21(30)26-19-10-8-18(9-11-19)25(3,4)5/h8-11H,6-7,12-15H2,1-5H3,(H,26,30). The lowest BCUT2D eigenvalue weighted by Gasteiger charge is -2.20. The van der Waals surface area contributed by atoms with Crippen LogP contribution in [0.1, 0.15) is 55.4 Å². The Morgan fingerprint density at radius 3 is 2.41 bits per heavy atom. The van der Waals surface area contributed by atoms with E-state index in [0.29, 0.717) is 17.8 Å². The van der Waals surface area contributed by atoms with Gasteiger partial charge in [-0.3, -0.25) is 19.1 Å². The third-order valence-corrected chi connectivity index (χ3v) is 7.37. The molecule has 7 heteroatoms. The fraction of sp³-hybridized carbons (Fsp3) is 0.480. The molecule has 1 N–H and O–H groups in total. The van der Waals surface area contributed by atoms with Crippen molar-refractivity contribution in [2.75, 3.05) is 18.4 Å². The normalized spacial score (nSPS) is 14.9. The van der Waals surface area contributed by atoms with E-state index in [0.717, 1.165) is 46.9 Å². The zero-order valence-corrected chi connectivity index (χ0v) is 20.4. The van der Waals surface area contributed by atoms with Crippen molar-refractivity contribution in [2.24, 2.45) is 0 Å². The maximum absolute atomic E-state index is 13.4. The van der Waals surface area contributed by atoms with Crippen LogP contribution >= 0.6 is 11.3 Å². The Morgan fingerprint density at radius 1 is 1.12 bits per heavy atom. The van der Waals surface area contributed by atoms with Crippen LogP contribution in [0.5, 0.6) is 0 Å². The van der Waals surface area contributed by atoms with Gasteiger partial charge >= 0.3 is 0 Å². The fourth-order valence-corrected chi connectivity index (χ4v) is 5.23. The highest BCUT2D eigenvalue weighted by Gasteiger charge is 2.21. The van der Waals surface area contributed by atoms with Crippen LogP contribution in [0.3, 0.4) is 0 Å². The predicted molar refractivity (Wildman–Crippen MR) is 132 cm³/mol. The average molecular weight is 453 g/mol. The number of fused-ring (bicyclic) bond motifs is 1. The summed E-state index contributed by atoms with van der Waals surface area (Å²) in [4.78, 5) is 35.4. The minimum Gasteiger partial charge on any atom is -0.325 e. The average Bonchev–Trinajstić information content (AvgIpc) is 3.33. The maximum atomic E-state index is 13.4. The van der Waals surface area contributed by atoms with Crippen LogP contribution in [0.15, 0.2) is 29.1 Å². The van der Waals surface area contributed by atoms with Crippen molar-refractivity contribution >= 4 is 33.1 Å². The van der Waals surface area contributed by atoms with Crippen LogP contribution < -0.4 is 10.9 Å². The van der Waals surface area contributed by atoms with E-state index in [-0.39, 0.29) is 23.4 Å². The van der Waals surface area contributed by atoms with Gasteiger partial charge in [-0.25, -0.2) is 4.98 Å². The molecule has 3 heterocycles. The lowest BCUT2D eigenvalue weighted by atomic mass is 9.87. The smallest absolute Gasteiger partial charge is 0.263 e. The first-order valence-electron chi connectivity index (χ1n) is 11.3. The molecule has 1 aromatic carbocycles. The summed E-state index contributed by atoms with van der Waals surface area (Å²) in [5.41, 5.74) is 2.83. The third-order valence-electron chi connectivity index (χ3n) is 6.27. The van der Waals surface area contributed by atoms with Gasteiger partial charge in [-0.2, -0.15) is 0 Å². The Kier molecular flexibility index (Phi) is 6.23. The Labute approximate surface area is 193 Å². The number of aromatic nitrogens is 2. The van der Waals surface area contributed by atoms with Crippen molar-refractivity contribution in [1.82, 2.24) is 14.5 Å². The van der Waals surface area contributed by atoms with Gasteiger partial charge in [-0.15, -0.1) is 11.3 Å². The first-order valence-corrected chi connectivity index (χ1v) is 12.1. The minimum absolute atomic E-state index is 0.0414. The van der Waals surface area contributed by atoms with Gasteiger partial charge in [-0.05, 0) is 68.5 Å². The van der Waals surface area contributed by atoms with Crippen molar-refractivity contribution in [3.8, 4) is 0 Å². The molecule has 0 bridgehead atoms. The maximum Gasteiger partial charge on any atom is 0.263 e. The SMILES string of the molecule is Cc1sc2nc(CN3CCCC3)n(CC(=O)Nc3ccc(C(C)(C)C)cc3)c(=O)c2c1C. The number of carbonyl (C=O) groups is 1. The summed E-state index contributed by atoms with van der Waals surface area (Å²) >= 11 is 1.55. The zero-order chi connectivity index (χ0) is 23.0. The molecule has 3 aromatic rings. The number of likely N-dealkylation sites (tertiary alicyclic amines) is 1. The monoisotopic (exact) mass is 452 g/mol. The summed E-state index contributed by atoms with van der Waals surface area (Å²) in [6.45, 7) is 13.0. The van der Waals surface area contributed by atoms with E-state index < -0.39 is 0 Å². The van der Waals surface area contributed by atoms with Gasteiger partial charge in [0.2, 0.25) is 5.91 Å². The number of aryl methyl sites for hydroxylation is 2. The lowest BCUT2D eigenvalue weighted by molar-refractivity contribution is -0.116. The van der Waals surface area contributed by atoms with Crippen LogP contribution in [0.2, 0.25) is 0 Å². The quantitative estimate of drug-likeness (QED) is 0.614. The molecule has 1 amide bonds. The number of rotatable bonds is 5. The van der Waals surface area contributed by atoms with Crippen LogP contribution in [-0.4, -0.2) is 33.4 Å². The Bertz CT molecular complexity index is 1200. The molecule has 1 aliphatic heterocycles. The second kappa shape index (κ2) is 8.79. The molecule has 2 aromatic heterocycles. The minimum atomic E-state index is -0.218. The molecule has 1 fully saturated rings. The second-order valence-electron chi connectivity index (χ2n) is 9.74. The number of benzene rings is 1. The van der Waals surface area contributed by atoms with Crippen molar-refractivity contribution in [3.05, 3.63) is 56.4 Å². The van der Waals surface area contributed by atoms with Crippen molar-refractivity contribution in [3.63, 3.8) is 0 Å².